The molecule has 4 aliphatic rings. The van der Waals surface area contributed by atoms with Crippen LogP contribution in [-0.4, -0.2) is 93.4 Å². The number of anilines is 3. The number of amides is 1. The number of nitrogens with zero attached hydrogens (tertiary/aromatic N) is 7. The third-order valence-electron chi connectivity index (χ3n) is 7.79. The Hall–Kier alpha value is -3.05. The molecule has 11 heteroatoms. The van der Waals surface area contributed by atoms with Gasteiger partial charge in [0.2, 0.25) is 11.9 Å². The van der Waals surface area contributed by atoms with E-state index in [1.807, 2.05) is 4.90 Å². The van der Waals surface area contributed by atoms with Crippen molar-refractivity contribution in [1.82, 2.24) is 24.8 Å². The van der Waals surface area contributed by atoms with E-state index >= 15 is 0 Å². The molecule has 186 valence electrons. The van der Waals surface area contributed by atoms with Crippen LogP contribution in [-0.2, 0) is 16.0 Å². The molecule has 3 aliphatic heterocycles. The monoisotopic (exact) mass is 480 g/mol. The zero-order valence-electron chi connectivity index (χ0n) is 20.1. The molecule has 5 heterocycles. The van der Waals surface area contributed by atoms with Crippen molar-refractivity contribution in [2.45, 2.75) is 44.2 Å². The van der Waals surface area contributed by atoms with E-state index in [0.29, 0.717) is 32.3 Å². The summed E-state index contributed by atoms with van der Waals surface area (Å²) in [5.74, 6) is 1.81. The minimum Gasteiger partial charge on any atom is -0.383 e. The molecule has 0 aromatic carbocycles. The summed E-state index contributed by atoms with van der Waals surface area (Å²) in [5.41, 5.74) is 8.18. The molecule has 1 amide bonds. The van der Waals surface area contributed by atoms with Crippen LogP contribution in [0.2, 0.25) is 0 Å². The van der Waals surface area contributed by atoms with E-state index in [-0.39, 0.29) is 23.3 Å². The molecule has 6 rings (SSSR count). The van der Waals surface area contributed by atoms with Gasteiger partial charge < -0.3 is 30.3 Å². The zero-order chi connectivity index (χ0) is 24.2. The number of hydrogen-bond acceptors (Lipinski definition) is 10. The molecule has 2 saturated heterocycles. The van der Waals surface area contributed by atoms with Crippen molar-refractivity contribution in [3.63, 3.8) is 0 Å². The van der Waals surface area contributed by atoms with Crippen molar-refractivity contribution >= 4 is 23.6 Å². The maximum absolute atomic E-state index is 12.9. The molecular weight excluding hydrogens is 448 g/mol. The van der Waals surface area contributed by atoms with E-state index in [0.717, 1.165) is 68.0 Å². The third kappa shape index (κ3) is 4.06. The summed E-state index contributed by atoms with van der Waals surface area (Å²) >= 11 is 0. The van der Waals surface area contributed by atoms with Gasteiger partial charge in [0, 0.05) is 56.2 Å². The van der Waals surface area contributed by atoms with Crippen LogP contribution in [0, 0.1) is 5.92 Å². The average molecular weight is 481 g/mol. The summed E-state index contributed by atoms with van der Waals surface area (Å²) < 4.78 is 5.54. The van der Waals surface area contributed by atoms with Gasteiger partial charge in [0.15, 0.2) is 0 Å². The fourth-order valence-electron chi connectivity index (χ4n) is 5.53. The predicted molar refractivity (Wildman–Crippen MR) is 130 cm³/mol. The second kappa shape index (κ2) is 8.56. The van der Waals surface area contributed by atoms with E-state index in [2.05, 4.69) is 26.7 Å². The van der Waals surface area contributed by atoms with Gasteiger partial charge in [-0.25, -0.2) is 15.0 Å². The average Bonchev–Trinajstić information content (AvgIpc) is 3.52. The van der Waals surface area contributed by atoms with Crippen molar-refractivity contribution in [3.8, 4) is 11.3 Å². The van der Waals surface area contributed by atoms with Crippen molar-refractivity contribution in [3.05, 3.63) is 18.0 Å². The number of fused-ring (bicyclic) bond motifs is 1. The molecule has 0 radical (unpaired) electrons. The maximum Gasteiger partial charge on any atom is 0.251 e. The zero-order valence-corrected chi connectivity index (χ0v) is 20.1. The molecule has 2 atom stereocenters. The first-order valence-electron chi connectivity index (χ1n) is 12.5. The fourth-order valence-corrected chi connectivity index (χ4v) is 5.53. The van der Waals surface area contributed by atoms with Gasteiger partial charge in [0.25, 0.3) is 5.91 Å². The number of ether oxygens (including phenoxy) is 1. The Balaban J connectivity index is 1.34. The molecule has 2 aromatic rings. The highest BCUT2D eigenvalue weighted by Gasteiger charge is 2.47. The van der Waals surface area contributed by atoms with Crippen LogP contribution < -0.4 is 15.5 Å². The standard InChI is InChI=1S/C24H32N8O3/c1-24(5-7-31(14-24)21(34)19(33)15-2-3-15)32-6-4-17-18(16-12-26-22(25)27-13-16)28-23(29-20(17)32)30-8-10-35-11-9-30/h12-13,15,19,33H,2-11,14H2,1H3,(H2,25,26,27)/t19?,24-/m1/s1. The molecule has 35 heavy (non-hydrogen) atoms. The topological polar surface area (TPSA) is 134 Å². The third-order valence-corrected chi connectivity index (χ3v) is 7.79. The first-order valence-corrected chi connectivity index (χ1v) is 12.5. The normalized spacial score (nSPS) is 25.1. The van der Waals surface area contributed by atoms with E-state index in [9.17, 15) is 9.90 Å². The van der Waals surface area contributed by atoms with E-state index in [4.69, 9.17) is 20.4 Å². The number of nitrogens with two attached hydrogens (primary N) is 1. The minimum absolute atomic E-state index is 0.132. The number of rotatable bonds is 5. The van der Waals surface area contributed by atoms with E-state index in [1.54, 1.807) is 12.4 Å². The molecule has 0 spiro atoms. The van der Waals surface area contributed by atoms with Crippen LogP contribution in [0.25, 0.3) is 11.3 Å². The SMILES string of the molecule is C[C@@]1(N2CCc3c(-c4cnc(N)nc4)nc(N4CCOCC4)nc32)CCN(C(=O)C(O)C2CC2)C1. The smallest absolute Gasteiger partial charge is 0.251 e. The Morgan fingerprint density at radius 1 is 1.17 bits per heavy atom. The van der Waals surface area contributed by atoms with Crippen molar-refractivity contribution < 1.29 is 14.6 Å². The number of nitrogen functional groups attached to an aromatic ring is 1. The molecule has 0 bridgehead atoms. The van der Waals surface area contributed by atoms with Gasteiger partial charge in [0.1, 0.15) is 11.9 Å². The quantitative estimate of drug-likeness (QED) is 0.622. The number of likely N-dealkylation sites (tertiary alicyclic amines) is 1. The Morgan fingerprint density at radius 3 is 2.63 bits per heavy atom. The van der Waals surface area contributed by atoms with Gasteiger partial charge in [0.05, 0.1) is 24.4 Å². The molecule has 2 aromatic heterocycles. The Morgan fingerprint density at radius 2 is 1.91 bits per heavy atom. The highest BCUT2D eigenvalue weighted by atomic mass is 16.5. The largest absolute Gasteiger partial charge is 0.383 e. The Labute approximate surface area is 204 Å². The van der Waals surface area contributed by atoms with Crippen LogP contribution >= 0.6 is 0 Å². The number of carbonyl (C=O) groups excluding carboxylic acids is 1. The van der Waals surface area contributed by atoms with Gasteiger partial charge in [-0.1, -0.05) is 0 Å². The van der Waals surface area contributed by atoms with Crippen LogP contribution in [0.5, 0.6) is 0 Å². The van der Waals surface area contributed by atoms with Crippen LogP contribution in [0.15, 0.2) is 12.4 Å². The first-order chi connectivity index (χ1) is 16.9. The Kier molecular flexibility index (Phi) is 5.48. The van der Waals surface area contributed by atoms with Crippen molar-refractivity contribution in [2.75, 3.05) is 61.5 Å². The van der Waals surface area contributed by atoms with Gasteiger partial charge >= 0.3 is 0 Å². The maximum atomic E-state index is 12.9. The lowest BCUT2D eigenvalue weighted by Crippen LogP contribution is -2.50. The molecule has 11 nitrogen and oxygen atoms in total. The van der Waals surface area contributed by atoms with Gasteiger partial charge in [-0.05, 0) is 38.5 Å². The van der Waals surface area contributed by atoms with E-state index < -0.39 is 6.10 Å². The summed E-state index contributed by atoms with van der Waals surface area (Å²) in [7, 11) is 0. The van der Waals surface area contributed by atoms with Gasteiger partial charge in [-0.15, -0.1) is 0 Å². The van der Waals surface area contributed by atoms with Crippen molar-refractivity contribution in [1.29, 1.82) is 0 Å². The summed E-state index contributed by atoms with van der Waals surface area (Å²) in [6, 6.07) is 0. The summed E-state index contributed by atoms with van der Waals surface area (Å²) in [6.07, 6.45) is 6.07. The van der Waals surface area contributed by atoms with Crippen molar-refractivity contribution in [2.24, 2.45) is 5.92 Å². The fraction of sp³-hybridized carbons (Fsp3) is 0.625. The molecule has 1 aliphatic carbocycles. The molecule has 1 saturated carbocycles. The highest BCUT2D eigenvalue weighted by Crippen LogP contribution is 2.42. The first kappa shape index (κ1) is 22.4. The summed E-state index contributed by atoms with van der Waals surface area (Å²) in [6.45, 7) is 6.96. The predicted octanol–water partition coefficient (Wildman–Crippen LogP) is 0.477. The molecular formula is C24H32N8O3. The van der Waals surface area contributed by atoms with Gasteiger partial charge in [-0.3, -0.25) is 4.79 Å². The van der Waals surface area contributed by atoms with Crippen LogP contribution in [0.3, 0.4) is 0 Å². The molecule has 3 N–H and O–H groups in total. The Bertz CT molecular complexity index is 1120. The number of carbonyl (C=O) groups is 1. The highest BCUT2D eigenvalue weighted by molar-refractivity contribution is 5.82. The van der Waals surface area contributed by atoms with Crippen LogP contribution in [0.1, 0.15) is 31.7 Å². The second-order valence-corrected chi connectivity index (χ2v) is 10.3. The minimum atomic E-state index is -0.865. The number of aromatic nitrogens is 4. The lowest BCUT2D eigenvalue weighted by molar-refractivity contribution is -0.140. The number of aliphatic hydroxyl groups is 1. The summed E-state index contributed by atoms with van der Waals surface area (Å²) in [4.78, 5) is 37.6. The molecule has 1 unspecified atom stereocenters. The lowest BCUT2D eigenvalue weighted by atomic mass is 9.99. The molecule has 3 fully saturated rings. The number of morpholine rings is 1. The second-order valence-electron chi connectivity index (χ2n) is 10.3. The lowest BCUT2D eigenvalue weighted by Gasteiger charge is -2.37. The number of hydrogen-bond donors (Lipinski definition) is 2. The van der Waals surface area contributed by atoms with E-state index in [1.165, 1.54) is 0 Å². The van der Waals surface area contributed by atoms with Gasteiger partial charge in [-0.2, -0.15) is 4.98 Å². The summed E-state index contributed by atoms with van der Waals surface area (Å²) in [5, 5.41) is 10.4. The number of aliphatic hydroxyl groups excluding tert-OH is 1. The van der Waals surface area contributed by atoms with Crippen LogP contribution in [0.4, 0.5) is 17.7 Å².